The fraction of sp³-hybridized carbons (Fsp3) is 0.478. The van der Waals surface area contributed by atoms with E-state index in [4.69, 9.17) is 11.6 Å². The molecule has 1 fully saturated rings. The van der Waals surface area contributed by atoms with Gasteiger partial charge in [0.25, 0.3) is 0 Å². The molecule has 2 aliphatic rings. The highest BCUT2D eigenvalue weighted by atomic mass is 35.5. The topological polar surface area (TPSA) is 23.5 Å². The zero-order chi connectivity index (χ0) is 17.9. The lowest BCUT2D eigenvalue weighted by molar-refractivity contribution is 0.117. The minimum atomic E-state index is -0.377. The van der Waals surface area contributed by atoms with Crippen LogP contribution in [0.2, 0.25) is 5.02 Å². The second kappa shape index (κ2) is 8.12. The van der Waals surface area contributed by atoms with Crippen LogP contribution in [0, 0.1) is 5.92 Å². The lowest BCUT2D eigenvalue weighted by Gasteiger charge is -2.34. The summed E-state index contributed by atoms with van der Waals surface area (Å²) in [5.41, 5.74) is 3.80. The molecule has 0 radical (unpaired) electrons. The monoisotopic (exact) mass is 369 g/mol. The van der Waals surface area contributed by atoms with Gasteiger partial charge in [-0.25, -0.2) is 0 Å². The Labute approximate surface area is 161 Å². The predicted octanol–water partition coefficient (Wildman–Crippen LogP) is 5.21. The van der Waals surface area contributed by atoms with Gasteiger partial charge in [0.05, 0.1) is 6.10 Å². The highest BCUT2D eigenvalue weighted by molar-refractivity contribution is 6.30. The van der Waals surface area contributed by atoms with Gasteiger partial charge in [-0.3, -0.25) is 0 Å². The largest absolute Gasteiger partial charge is 0.388 e. The normalized spacial score (nSPS) is 24.8. The molecule has 138 valence electrons. The molecule has 2 atom stereocenters. The molecule has 1 aliphatic carbocycles. The zero-order valence-electron chi connectivity index (χ0n) is 15.3. The van der Waals surface area contributed by atoms with Gasteiger partial charge in [-0.05, 0) is 85.9 Å². The molecule has 4 rings (SSSR count). The van der Waals surface area contributed by atoms with Crippen LogP contribution in [0.15, 0.2) is 48.5 Å². The summed E-state index contributed by atoms with van der Waals surface area (Å²) in [6.45, 7) is 3.45. The maximum absolute atomic E-state index is 10.7. The SMILES string of the molecule is O[C@@H]1C[C@H](CN2CCC(c3ccccc3)CC2)CCc2ccc(Cl)cc21. The van der Waals surface area contributed by atoms with Crippen molar-refractivity contribution in [2.45, 2.75) is 44.1 Å². The van der Waals surface area contributed by atoms with Gasteiger partial charge in [0.1, 0.15) is 0 Å². The Kier molecular flexibility index (Phi) is 5.63. The van der Waals surface area contributed by atoms with Crippen LogP contribution in [0.25, 0.3) is 0 Å². The van der Waals surface area contributed by atoms with E-state index >= 15 is 0 Å². The quantitative estimate of drug-likeness (QED) is 0.751. The summed E-state index contributed by atoms with van der Waals surface area (Å²) in [6, 6.07) is 16.9. The molecule has 0 saturated carbocycles. The highest BCUT2D eigenvalue weighted by Crippen LogP contribution is 2.35. The Morgan fingerprint density at radius 1 is 1.00 bits per heavy atom. The first-order valence-electron chi connectivity index (χ1n) is 9.92. The Balaban J connectivity index is 1.33. The first-order valence-corrected chi connectivity index (χ1v) is 10.3. The standard InChI is InChI=1S/C23H28ClNO/c24-21-9-8-20-7-6-17(14-23(26)22(20)15-21)16-25-12-10-19(11-13-25)18-4-2-1-3-5-18/h1-5,8-9,15,17,19,23,26H,6-7,10-14,16H2/t17-,23-/m1/s1. The number of hydrogen-bond acceptors (Lipinski definition) is 2. The zero-order valence-corrected chi connectivity index (χ0v) is 16.0. The third-order valence-electron chi connectivity index (χ3n) is 6.22. The van der Waals surface area contributed by atoms with Gasteiger partial charge in [-0.15, -0.1) is 0 Å². The van der Waals surface area contributed by atoms with Crippen LogP contribution >= 0.6 is 11.6 Å². The molecule has 0 amide bonds. The Hall–Kier alpha value is -1.35. The smallest absolute Gasteiger partial charge is 0.0796 e. The molecule has 1 N–H and O–H groups in total. The van der Waals surface area contributed by atoms with E-state index in [1.165, 1.54) is 37.1 Å². The predicted molar refractivity (Wildman–Crippen MR) is 108 cm³/mol. The number of aliphatic hydroxyl groups excluding tert-OH is 1. The molecule has 3 heteroatoms. The summed E-state index contributed by atoms with van der Waals surface area (Å²) in [6.07, 6.45) is 5.17. The van der Waals surface area contributed by atoms with E-state index in [-0.39, 0.29) is 6.10 Å². The van der Waals surface area contributed by atoms with Crippen LogP contribution in [0.3, 0.4) is 0 Å². The molecule has 2 aromatic carbocycles. The molecule has 26 heavy (non-hydrogen) atoms. The van der Waals surface area contributed by atoms with E-state index in [1.54, 1.807) is 0 Å². The highest BCUT2D eigenvalue weighted by Gasteiger charge is 2.27. The number of piperidine rings is 1. The van der Waals surface area contributed by atoms with Crippen LogP contribution in [0.1, 0.15) is 54.4 Å². The number of aliphatic hydroxyl groups is 1. The van der Waals surface area contributed by atoms with Crippen LogP contribution in [-0.2, 0) is 6.42 Å². The van der Waals surface area contributed by atoms with E-state index in [9.17, 15) is 5.11 Å². The van der Waals surface area contributed by atoms with Crippen molar-refractivity contribution >= 4 is 11.6 Å². The van der Waals surface area contributed by atoms with Gasteiger partial charge in [0.2, 0.25) is 0 Å². The van der Waals surface area contributed by atoms with Crippen molar-refractivity contribution < 1.29 is 5.11 Å². The van der Waals surface area contributed by atoms with Crippen molar-refractivity contribution in [1.29, 1.82) is 0 Å². The van der Waals surface area contributed by atoms with E-state index in [1.807, 2.05) is 12.1 Å². The van der Waals surface area contributed by atoms with Crippen molar-refractivity contribution in [3.05, 3.63) is 70.2 Å². The van der Waals surface area contributed by atoms with Gasteiger partial charge < -0.3 is 10.0 Å². The maximum atomic E-state index is 10.7. The minimum absolute atomic E-state index is 0.377. The molecule has 0 bridgehead atoms. The molecular weight excluding hydrogens is 342 g/mol. The summed E-state index contributed by atoms with van der Waals surface area (Å²) in [7, 11) is 0. The molecule has 2 nitrogen and oxygen atoms in total. The molecule has 2 aromatic rings. The molecule has 0 spiro atoms. The number of nitrogens with zero attached hydrogens (tertiary/aromatic N) is 1. The number of halogens is 1. The van der Waals surface area contributed by atoms with Crippen molar-refractivity contribution in [2.24, 2.45) is 5.92 Å². The van der Waals surface area contributed by atoms with E-state index in [0.29, 0.717) is 11.8 Å². The maximum Gasteiger partial charge on any atom is 0.0796 e. The molecule has 1 heterocycles. The van der Waals surface area contributed by atoms with E-state index < -0.39 is 0 Å². The van der Waals surface area contributed by atoms with Crippen LogP contribution in [0.4, 0.5) is 0 Å². The van der Waals surface area contributed by atoms with E-state index in [2.05, 4.69) is 41.3 Å². The Morgan fingerprint density at radius 3 is 2.54 bits per heavy atom. The third-order valence-corrected chi connectivity index (χ3v) is 6.46. The number of aryl methyl sites for hydroxylation is 1. The molecule has 0 unspecified atom stereocenters. The van der Waals surface area contributed by atoms with Gasteiger partial charge >= 0.3 is 0 Å². The summed E-state index contributed by atoms with van der Waals surface area (Å²) in [4.78, 5) is 2.61. The summed E-state index contributed by atoms with van der Waals surface area (Å²) >= 11 is 6.13. The molecule has 1 saturated heterocycles. The number of likely N-dealkylation sites (tertiary alicyclic amines) is 1. The summed E-state index contributed by atoms with van der Waals surface area (Å²) < 4.78 is 0. The van der Waals surface area contributed by atoms with Crippen molar-refractivity contribution in [3.8, 4) is 0 Å². The van der Waals surface area contributed by atoms with Crippen molar-refractivity contribution in [2.75, 3.05) is 19.6 Å². The lowest BCUT2D eigenvalue weighted by atomic mass is 9.88. The number of hydrogen-bond donors (Lipinski definition) is 1. The number of fused-ring (bicyclic) bond motifs is 1. The number of benzene rings is 2. The second-order valence-corrected chi connectivity index (χ2v) is 8.42. The van der Waals surface area contributed by atoms with E-state index in [0.717, 1.165) is 36.4 Å². The molecule has 0 aromatic heterocycles. The lowest BCUT2D eigenvalue weighted by Crippen LogP contribution is -2.36. The van der Waals surface area contributed by atoms with Crippen LogP contribution in [0.5, 0.6) is 0 Å². The van der Waals surface area contributed by atoms with Crippen LogP contribution < -0.4 is 0 Å². The summed E-state index contributed by atoms with van der Waals surface area (Å²) in [5.74, 6) is 1.27. The number of rotatable bonds is 3. The average Bonchev–Trinajstić information content (AvgIpc) is 2.82. The van der Waals surface area contributed by atoms with Crippen molar-refractivity contribution in [3.63, 3.8) is 0 Å². The first-order chi connectivity index (χ1) is 12.7. The molecular formula is C23H28ClNO. The van der Waals surface area contributed by atoms with Crippen molar-refractivity contribution in [1.82, 2.24) is 4.90 Å². The van der Waals surface area contributed by atoms with Gasteiger partial charge in [-0.1, -0.05) is 48.0 Å². The Morgan fingerprint density at radius 2 is 1.77 bits per heavy atom. The van der Waals surface area contributed by atoms with Gasteiger partial charge in [-0.2, -0.15) is 0 Å². The third kappa shape index (κ3) is 4.14. The fourth-order valence-electron chi connectivity index (χ4n) is 4.73. The van der Waals surface area contributed by atoms with Crippen LogP contribution in [-0.4, -0.2) is 29.6 Å². The molecule has 1 aliphatic heterocycles. The second-order valence-electron chi connectivity index (χ2n) is 7.98. The summed E-state index contributed by atoms with van der Waals surface area (Å²) in [5, 5.41) is 11.4. The fourth-order valence-corrected chi connectivity index (χ4v) is 4.91. The Bertz CT molecular complexity index is 724. The minimum Gasteiger partial charge on any atom is -0.388 e. The average molecular weight is 370 g/mol. The first kappa shape index (κ1) is 18.0. The van der Waals surface area contributed by atoms with Gasteiger partial charge in [0, 0.05) is 11.6 Å². The van der Waals surface area contributed by atoms with Gasteiger partial charge in [0.15, 0.2) is 0 Å².